The lowest BCUT2D eigenvalue weighted by atomic mass is 10.2. The highest BCUT2D eigenvalue weighted by atomic mass is 31.2. The van der Waals surface area contributed by atoms with E-state index < -0.39 is 7.14 Å². The van der Waals surface area contributed by atoms with Gasteiger partial charge in [-0.2, -0.15) is 0 Å². The third-order valence-electron chi connectivity index (χ3n) is 4.31. The minimum absolute atomic E-state index is 0.297. The lowest BCUT2D eigenvalue weighted by Crippen LogP contribution is -2.02. The van der Waals surface area contributed by atoms with Crippen LogP contribution in [0.3, 0.4) is 0 Å². The molecule has 0 heterocycles. The summed E-state index contributed by atoms with van der Waals surface area (Å²) >= 11 is 0. The molecule has 0 radical (unpaired) electrons. The van der Waals surface area contributed by atoms with Crippen molar-refractivity contribution in [2.45, 2.75) is 90.9 Å². The van der Waals surface area contributed by atoms with E-state index in [0.717, 1.165) is 57.0 Å². The normalized spacial score (nSPS) is 12.0. The van der Waals surface area contributed by atoms with Crippen molar-refractivity contribution in [3.05, 3.63) is 0 Å². The molecule has 0 bridgehead atoms. The zero-order chi connectivity index (χ0) is 15.8. The summed E-state index contributed by atoms with van der Waals surface area (Å²) in [6.07, 6.45) is 17.0. The first kappa shape index (κ1) is 21.2. The number of aliphatic hydroxyl groups is 1. The van der Waals surface area contributed by atoms with Crippen LogP contribution >= 0.6 is 7.14 Å². The van der Waals surface area contributed by atoms with Crippen molar-refractivity contribution in [2.24, 2.45) is 0 Å². The summed E-state index contributed by atoms with van der Waals surface area (Å²) in [5.41, 5.74) is 0. The number of aliphatic hydroxyl groups excluding tert-OH is 1. The highest BCUT2D eigenvalue weighted by Gasteiger charge is 2.20. The maximum Gasteiger partial charge on any atom is 0.0877 e. The second-order valence-electron chi connectivity index (χ2n) is 6.49. The van der Waals surface area contributed by atoms with E-state index in [1.807, 2.05) is 0 Å². The van der Waals surface area contributed by atoms with Crippen molar-refractivity contribution in [1.29, 1.82) is 0 Å². The van der Waals surface area contributed by atoms with Crippen LogP contribution in [0.5, 0.6) is 0 Å². The summed E-state index contributed by atoms with van der Waals surface area (Å²) < 4.78 is 13.1. The van der Waals surface area contributed by atoms with Gasteiger partial charge in [0.1, 0.15) is 0 Å². The monoisotopic (exact) mass is 318 g/mol. The number of hydrogen-bond acceptors (Lipinski definition) is 2. The second-order valence-corrected chi connectivity index (χ2v) is 9.95. The molecule has 0 aliphatic heterocycles. The van der Waals surface area contributed by atoms with Crippen molar-refractivity contribution in [1.82, 2.24) is 0 Å². The van der Waals surface area contributed by atoms with Crippen LogP contribution in [0, 0.1) is 0 Å². The van der Waals surface area contributed by atoms with E-state index in [9.17, 15) is 4.57 Å². The van der Waals surface area contributed by atoms with Crippen LogP contribution in [0.15, 0.2) is 0 Å². The largest absolute Gasteiger partial charge is 0.396 e. The van der Waals surface area contributed by atoms with Gasteiger partial charge in [-0.05, 0) is 25.7 Å². The molecule has 2 nitrogen and oxygen atoms in total. The molecule has 0 fully saturated rings. The summed E-state index contributed by atoms with van der Waals surface area (Å²) in [6.45, 7) is 4.75. The zero-order valence-electron chi connectivity index (χ0n) is 14.6. The molecule has 0 aliphatic carbocycles. The Morgan fingerprint density at radius 3 is 1.38 bits per heavy atom. The van der Waals surface area contributed by atoms with Crippen LogP contribution in [0.25, 0.3) is 0 Å². The molecule has 0 aromatic heterocycles. The molecule has 0 saturated heterocycles. The lowest BCUT2D eigenvalue weighted by Gasteiger charge is -2.18. The second kappa shape index (κ2) is 15.1. The number of unbranched alkanes of at least 4 members (excludes halogenated alkanes) is 9. The number of hydrogen-bond donors (Lipinski definition) is 1. The van der Waals surface area contributed by atoms with Crippen molar-refractivity contribution in [3.63, 3.8) is 0 Å². The van der Waals surface area contributed by atoms with Gasteiger partial charge >= 0.3 is 0 Å². The third-order valence-corrected chi connectivity index (χ3v) is 7.71. The summed E-state index contributed by atoms with van der Waals surface area (Å²) in [6, 6.07) is 0. The smallest absolute Gasteiger partial charge is 0.0877 e. The van der Waals surface area contributed by atoms with Crippen LogP contribution in [0.4, 0.5) is 0 Å². The third kappa shape index (κ3) is 13.6. The maximum atomic E-state index is 13.1. The Bertz CT molecular complexity index is 238. The molecule has 0 spiro atoms. The quantitative estimate of drug-likeness (QED) is 0.277. The average Bonchev–Trinajstić information content (AvgIpc) is 2.48. The van der Waals surface area contributed by atoms with E-state index >= 15 is 0 Å². The SMILES string of the molecule is CCCCCCP(=O)(CCCCCC)CCCCCCO. The van der Waals surface area contributed by atoms with Crippen LogP contribution in [0.1, 0.15) is 90.9 Å². The minimum Gasteiger partial charge on any atom is -0.396 e. The van der Waals surface area contributed by atoms with Crippen molar-refractivity contribution in [3.8, 4) is 0 Å². The molecule has 0 amide bonds. The summed E-state index contributed by atoms with van der Waals surface area (Å²) in [7, 11) is -1.91. The first-order valence-electron chi connectivity index (χ1n) is 9.36. The molecule has 0 saturated carbocycles. The summed E-state index contributed by atoms with van der Waals surface area (Å²) in [5.74, 6) is 0. The molecule has 0 rings (SSSR count). The van der Waals surface area contributed by atoms with Gasteiger partial charge in [-0.1, -0.05) is 65.2 Å². The fraction of sp³-hybridized carbons (Fsp3) is 1.00. The molecular weight excluding hydrogens is 279 g/mol. The molecule has 0 aromatic carbocycles. The summed E-state index contributed by atoms with van der Waals surface area (Å²) in [4.78, 5) is 0. The van der Waals surface area contributed by atoms with E-state index in [0.29, 0.717) is 6.61 Å². The van der Waals surface area contributed by atoms with Gasteiger partial charge in [0.2, 0.25) is 0 Å². The first-order chi connectivity index (χ1) is 10.2. The molecule has 3 heteroatoms. The molecule has 0 aromatic rings. The van der Waals surface area contributed by atoms with Gasteiger partial charge in [0.05, 0.1) is 7.14 Å². The Morgan fingerprint density at radius 2 is 1.00 bits per heavy atom. The Labute approximate surface area is 133 Å². The Hall–Kier alpha value is 0.190. The fourth-order valence-electron chi connectivity index (χ4n) is 2.85. The van der Waals surface area contributed by atoms with E-state index in [-0.39, 0.29) is 0 Å². The molecular formula is C18H39O2P. The Kier molecular flexibility index (Phi) is 15.2. The van der Waals surface area contributed by atoms with Crippen LogP contribution in [-0.2, 0) is 4.57 Å². The zero-order valence-corrected chi connectivity index (χ0v) is 15.5. The van der Waals surface area contributed by atoms with Gasteiger partial charge in [-0.25, -0.2) is 0 Å². The predicted molar refractivity (Wildman–Crippen MR) is 96.0 cm³/mol. The molecule has 128 valence electrons. The van der Waals surface area contributed by atoms with Crippen molar-refractivity contribution in [2.75, 3.05) is 25.1 Å². The minimum atomic E-state index is -1.91. The summed E-state index contributed by atoms with van der Waals surface area (Å²) in [5, 5.41) is 8.80. The van der Waals surface area contributed by atoms with Crippen molar-refractivity contribution >= 4 is 7.14 Å². The van der Waals surface area contributed by atoms with Crippen LogP contribution < -0.4 is 0 Å². The van der Waals surface area contributed by atoms with Gasteiger partial charge in [0, 0.05) is 25.1 Å². The molecule has 21 heavy (non-hydrogen) atoms. The van der Waals surface area contributed by atoms with E-state index in [1.165, 1.54) is 38.5 Å². The van der Waals surface area contributed by atoms with Crippen LogP contribution in [0.2, 0.25) is 0 Å². The molecule has 0 aliphatic rings. The first-order valence-corrected chi connectivity index (χ1v) is 11.6. The highest BCUT2D eigenvalue weighted by Crippen LogP contribution is 2.48. The lowest BCUT2D eigenvalue weighted by molar-refractivity contribution is 0.283. The molecule has 0 unspecified atom stereocenters. The van der Waals surface area contributed by atoms with Gasteiger partial charge in [-0.3, -0.25) is 0 Å². The van der Waals surface area contributed by atoms with Gasteiger partial charge in [-0.15, -0.1) is 0 Å². The van der Waals surface area contributed by atoms with Crippen LogP contribution in [-0.4, -0.2) is 30.2 Å². The van der Waals surface area contributed by atoms with E-state index in [4.69, 9.17) is 5.11 Å². The van der Waals surface area contributed by atoms with E-state index in [1.54, 1.807) is 0 Å². The van der Waals surface area contributed by atoms with Crippen molar-refractivity contribution < 1.29 is 9.67 Å². The fourth-order valence-corrected chi connectivity index (χ4v) is 5.92. The van der Waals surface area contributed by atoms with Gasteiger partial charge in [0.15, 0.2) is 0 Å². The van der Waals surface area contributed by atoms with E-state index in [2.05, 4.69) is 13.8 Å². The predicted octanol–water partition coefficient (Wildman–Crippen LogP) is 6.06. The topological polar surface area (TPSA) is 37.3 Å². The average molecular weight is 318 g/mol. The standard InChI is InChI=1S/C18H39O2P/c1-3-5-7-12-16-21(20,17-13-8-6-4-2)18-14-10-9-11-15-19/h19H,3-18H2,1-2H3. The molecule has 1 N–H and O–H groups in total. The molecule has 0 atom stereocenters. The highest BCUT2D eigenvalue weighted by molar-refractivity contribution is 7.63. The number of rotatable bonds is 16. The van der Waals surface area contributed by atoms with Gasteiger partial charge < -0.3 is 9.67 Å². The van der Waals surface area contributed by atoms with Gasteiger partial charge in [0.25, 0.3) is 0 Å². The Balaban J connectivity index is 4.02. The maximum absolute atomic E-state index is 13.1. The Morgan fingerprint density at radius 1 is 0.619 bits per heavy atom.